The second-order valence-electron chi connectivity index (χ2n) is 20.0. The first-order valence-electron chi connectivity index (χ1n) is 22.3. The molecular formula is C58H55N4O2+. The van der Waals surface area contributed by atoms with Gasteiger partial charge in [-0.1, -0.05) is 139 Å². The predicted molar refractivity (Wildman–Crippen MR) is 263 cm³/mol. The van der Waals surface area contributed by atoms with E-state index in [1.54, 1.807) is 0 Å². The van der Waals surface area contributed by atoms with E-state index in [-0.39, 0.29) is 16.4 Å². The molecule has 0 atom stereocenters. The number of hydrogen-bond donors (Lipinski definition) is 0. The molecule has 0 aliphatic carbocycles. The highest BCUT2D eigenvalue weighted by Gasteiger charge is 2.35. The van der Waals surface area contributed by atoms with Crippen LogP contribution in [0.1, 0.15) is 73.4 Å². The van der Waals surface area contributed by atoms with E-state index in [9.17, 15) is 0 Å². The molecule has 10 rings (SSSR count). The van der Waals surface area contributed by atoms with Crippen LogP contribution in [0.3, 0.4) is 0 Å². The first kappa shape index (κ1) is 40.9. The van der Waals surface area contributed by atoms with Gasteiger partial charge >= 0.3 is 5.71 Å². The monoisotopic (exact) mass is 839 g/mol. The lowest BCUT2D eigenvalue weighted by molar-refractivity contribution is -0.743. The Balaban J connectivity index is 1.09. The number of fused-ring (bicyclic) bond motifs is 4. The summed E-state index contributed by atoms with van der Waals surface area (Å²) in [5, 5.41) is 2.36. The van der Waals surface area contributed by atoms with Crippen molar-refractivity contribution in [3.8, 4) is 62.1 Å². The van der Waals surface area contributed by atoms with E-state index in [4.69, 9.17) is 14.1 Å². The van der Waals surface area contributed by atoms with Gasteiger partial charge in [0.2, 0.25) is 5.69 Å². The normalized spacial score (nSPS) is 12.5. The summed E-state index contributed by atoms with van der Waals surface area (Å²) in [5.41, 5.74) is 13.8. The Kier molecular flexibility index (Phi) is 9.75. The largest absolute Gasteiger partial charge is 0.457 e. The Morgan fingerprint density at radius 2 is 1.17 bits per heavy atom. The summed E-state index contributed by atoms with van der Waals surface area (Å²) in [5.74, 6) is 2.36. The van der Waals surface area contributed by atoms with Gasteiger partial charge < -0.3 is 9.15 Å². The van der Waals surface area contributed by atoms with Gasteiger partial charge in [-0.05, 0) is 114 Å². The van der Waals surface area contributed by atoms with Gasteiger partial charge in [0.15, 0.2) is 5.69 Å². The number of oxazole rings is 1. The fourth-order valence-electron chi connectivity index (χ4n) is 9.00. The molecule has 10 aromatic rings. The molecule has 0 N–H and O–H groups in total. The van der Waals surface area contributed by atoms with Crippen molar-refractivity contribution >= 4 is 27.5 Å². The Bertz CT molecular complexity index is 3290. The van der Waals surface area contributed by atoms with Gasteiger partial charge in [-0.25, -0.2) is 9.55 Å². The average molecular weight is 840 g/mol. The van der Waals surface area contributed by atoms with Crippen molar-refractivity contribution in [2.75, 3.05) is 0 Å². The minimum atomic E-state index is -0.275. The molecule has 0 aliphatic heterocycles. The molecule has 318 valence electrons. The Morgan fingerprint density at radius 3 is 1.83 bits per heavy atom. The quantitative estimate of drug-likeness (QED) is 0.150. The maximum atomic E-state index is 6.78. The summed E-state index contributed by atoms with van der Waals surface area (Å²) >= 11 is 0. The molecule has 6 aromatic carbocycles. The summed E-state index contributed by atoms with van der Waals surface area (Å²) in [6, 6.07) is 53.8. The van der Waals surface area contributed by atoms with Crippen LogP contribution in [0.25, 0.3) is 78.1 Å². The number of nitrogens with zero attached hydrogens (tertiary/aromatic N) is 4. The summed E-state index contributed by atoms with van der Waals surface area (Å²) in [6.45, 7) is 20.3. The van der Waals surface area contributed by atoms with E-state index in [1.165, 1.54) is 16.5 Å². The zero-order chi connectivity index (χ0) is 44.5. The van der Waals surface area contributed by atoms with Crippen LogP contribution in [-0.2, 0) is 16.4 Å². The van der Waals surface area contributed by atoms with Gasteiger partial charge in [0, 0.05) is 34.2 Å². The Labute approximate surface area is 376 Å². The molecule has 0 spiro atoms. The van der Waals surface area contributed by atoms with Crippen LogP contribution < -0.4 is 9.30 Å². The van der Waals surface area contributed by atoms with Crippen molar-refractivity contribution < 1.29 is 13.7 Å². The van der Waals surface area contributed by atoms with E-state index in [1.807, 2.05) is 18.5 Å². The van der Waals surface area contributed by atoms with Crippen molar-refractivity contribution in [1.29, 1.82) is 0 Å². The fourth-order valence-corrected chi connectivity index (χ4v) is 9.00. The van der Waals surface area contributed by atoms with Crippen molar-refractivity contribution in [2.24, 2.45) is 0 Å². The highest BCUT2D eigenvalue weighted by atomic mass is 16.5. The van der Waals surface area contributed by atoms with Crippen molar-refractivity contribution in [2.45, 2.75) is 78.7 Å². The zero-order valence-corrected chi connectivity index (χ0v) is 38.3. The lowest BCUT2D eigenvalue weighted by Crippen LogP contribution is -2.50. The number of rotatable bonds is 7. The molecule has 0 aliphatic rings. The average Bonchev–Trinajstić information content (AvgIpc) is 3.97. The van der Waals surface area contributed by atoms with Crippen LogP contribution in [-0.4, -0.2) is 14.0 Å². The molecule has 0 saturated heterocycles. The summed E-state index contributed by atoms with van der Waals surface area (Å²) in [4.78, 5) is 4.94. The van der Waals surface area contributed by atoms with Crippen LogP contribution >= 0.6 is 0 Å². The van der Waals surface area contributed by atoms with Gasteiger partial charge in [0.25, 0.3) is 6.33 Å². The van der Waals surface area contributed by atoms with E-state index in [2.05, 4.69) is 228 Å². The van der Waals surface area contributed by atoms with Gasteiger partial charge in [0.05, 0.1) is 11.0 Å². The third-order valence-electron chi connectivity index (χ3n) is 12.4. The molecule has 6 nitrogen and oxygen atoms in total. The highest BCUT2D eigenvalue weighted by Crippen LogP contribution is 2.43. The fraction of sp³-hybridized carbons (Fsp3) is 0.207. The molecule has 0 bridgehead atoms. The second-order valence-corrected chi connectivity index (χ2v) is 20.0. The van der Waals surface area contributed by atoms with Gasteiger partial charge in [-0.3, -0.25) is 4.57 Å². The SMILES string of the molecule is CC(C)(C)c1ccnc(-n2c3ccc(C(C)(C)C)cc3c3ccc(Oc4cccc(-c5coc6c(-c7c(-c8ccccc8)cccc7-c7ccccc7)[n+](C(C)(C)C)cn56)c4)cc32)c1. The molecule has 0 radical (unpaired) electrons. The minimum absolute atomic E-state index is 0.00855. The molecule has 4 heterocycles. The standard InChI is InChI=1S/C58H55N4O2/c1-56(2,3)41-26-29-49-48(33-41)47-28-27-44(35-50(47)62(49)52-34-42(30-31-59-52)57(4,5)6)64-43-23-16-22-40(32-43)51-36-63-55-54(61(37-60(51)55)58(7,8)9)53-45(38-18-12-10-13-19-38)24-17-25-46(53)39-20-14-11-15-21-39/h10-37H,1-9H3/q+1. The number of pyridine rings is 1. The maximum absolute atomic E-state index is 6.78. The van der Waals surface area contributed by atoms with Crippen LogP contribution in [0.2, 0.25) is 0 Å². The highest BCUT2D eigenvalue weighted by molar-refractivity contribution is 6.10. The summed E-state index contributed by atoms with van der Waals surface area (Å²) < 4.78 is 20.3. The molecule has 64 heavy (non-hydrogen) atoms. The third kappa shape index (κ3) is 7.27. The lowest BCUT2D eigenvalue weighted by Gasteiger charge is -2.20. The molecule has 6 heteroatoms. The zero-order valence-electron chi connectivity index (χ0n) is 38.3. The minimum Gasteiger partial charge on any atom is -0.457 e. The van der Waals surface area contributed by atoms with Crippen molar-refractivity contribution in [3.05, 3.63) is 182 Å². The first-order valence-corrected chi connectivity index (χ1v) is 22.3. The molecule has 0 unspecified atom stereocenters. The van der Waals surface area contributed by atoms with Crippen molar-refractivity contribution in [3.63, 3.8) is 0 Å². The van der Waals surface area contributed by atoms with E-state index in [0.717, 1.165) is 84.2 Å². The molecule has 0 saturated carbocycles. The van der Waals surface area contributed by atoms with E-state index < -0.39 is 0 Å². The van der Waals surface area contributed by atoms with Crippen LogP contribution in [0.15, 0.2) is 175 Å². The molecule has 0 fully saturated rings. The Morgan fingerprint density at radius 1 is 0.547 bits per heavy atom. The maximum Gasteiger partial charge on any atom is 0.343 e. The number of aromatic nitrogens is 4. The summed E-state index contributed by atoms with van der Waals surface area (Å²) in [6.07, 6.45) is 5.98. The van der Waals surface area contributed by atoms with E-state index in [0.29, 0.717) is 0 Å². The number of imidazole rings is 1. The van der Waals surface area contributed by atoms with Crippen molar-refractivity contribution in [1.82, 2.24) is 14.0 Å². The van der Waals surface area contributed by atoms with Gasteiger partial charge in [0.1, 0.15) is 29.1 Å². The number of ether oxygens (including phenoxy) is 1. The third-order valence-corrected chi connectivity index (χ3v) is 12.4. The molecule has 0 amide bonds. The summed E-state index contributed by atoms with van der Waals surface area (Å²) in [7, 11) is 0. The molecular weight excluding hydrogens is 785 g/mol. The molecule has 4 aromatic heterocycles. The predicted octanol–water partition coefficient (Wildman–Crippen LogP) is 15.1. The number of hydrogen-bond acceptors (Lipinski definition) is 3. The topological polar surface area (TPSA) is 48.5 Å². The van der Waals surface area contributed by atoms with Crippen LogP contribution in [0.4, 0.5) is 0 Å². The van der Waals surface area contributed by atoms with Crippen LogP contribution in [0.5, 0.6) is 11.5 Å². The Hall–Kier alpha value is -7.18. The number of benzene rings is 6. The van der Waals surface area contributed by atoms with E-state index >= 15 is 0 Å². The van der Waals surface area contributed by atoms with Crippen LogP contribution in [0, 0.1) is 0 Å². The van der Waals surface area contributed by atoms with Gasteiger partial charge in [-0.15, -0.1) is 0 Å². The van der Waals surface area contributed by atoms with Gasteiger partial charge in [-0.2, -0.15) is 4.40 Å². The smallest absolute Gasteiger partial charge is 0.343 e. The second kappa shape index (κ2) is 15.3. The first-order chi connectivity index (χ1) is 30.6. The lowest BCUT2D eigenvalue weighted by atomic mass is 9.86.